The normalized spacial score (nSPS) is 11.5. The van der Waals surface area contributed by atoms with Crippen LogP contribution in [0.4, 0.5) is 0 Å². The predicted molar refractivity (Wildman–Crippen MR) is 98.5 cm³/mol. The minimum absolute atomic E-state index is 0.523. The number of hydrogen-bond donors (Lipinski definition) is 2. The summed E-state index contributed by atoms with van der Waals surface area (Å²) in [4.78, 5) is 12.5. The Balaban J connectivity index is 1.58. The van der Waals surface area contributed by atoms with E-state index in [-0.39, 0.29) is 0 Å². The van der Waals surface area contributed by atoms with E-state index in [0.29, 0.717) is 5.15 Å². The molecular weight excluding hydrogens is 324 g/mol. The zero-order valence-corrected chi connectivity index (χ0v) is 15.1. The van der Waals surface area contributed by atoms with Crippen molar-refractivity contribution in [3.8, 4) is 0 Å². The molecule has 0 atom stereocenters. The fourth-order valence-electron chi connectivity index (χ4n) is 2.35. The Morgan fingerprint density at radius 1 is 1.21 bits per heavy atom. The molecule has 0 saturated carbocycles. The molecule has 0 aliphatic heterocycles. The maximum absolute atomic E-state index is 5.78. The van der Waals surface area contributed by atoms with E-state index in [1.165, 1.54) is 0 Å². The fourth-order valence-corrected chi connectivity index (χ4v) is 2.47. The van der Waals surface area contributed by atoms with Crippen LogP contribution < -0.4 is 10.6 Å². The van der Waals surface area contributed by atoms with Crippen molar-refractivity contribution < 1.29 is 0 Å². The number of aryl methyl sites for hydroxylation is 2. The van der Waals surface area contributed by atoms with Crippen LogP contribution in [0.5, 0.6) is 0 Å². The first kappa shape index (κ1) is 18.3. The quantitative estimate of drug-likeness (QED) is 0.333. The Morgan fingerprint density at radius 3 is 2.71 bits per heavy atom. The molecule has 24 heavy (non-hydrogen) atoms. The second-order valence-corrected chi connectivity index (χ2v) is 5.93. The summed E-state index contributed by atoms with van der Waals surface area (Å²) >= 11 is 5.78. The van der Waals surface area contributed by atoms with Gasteiger partial charge in [0.2, 0.25) is 0 Å². The molecule has 2 rings (SSSR count). The molecule has 0 bridgehead atoms. The van der Waals surface area contributed by atoms with Crippen molar-refractivity contribution in [2.45, 2.75) is 32.7 Å². The van der Waals surface area contributed by atoms with E-state index in [9.17, 15) is 0 Å². The fraction of sp³-hybridized carbons (Fsp3) is 0.471. The van der Waals surface area contributed by atoms with Gasteiger partial charge in [0.15, 0.2) is 5.96 Å². The average Bonchev–Trinajstić information content (AvgIpc) is 3.00. The van der Waals surface area contributed by atoms with Gasteiger partial charge in [-0.25, -0.2) is 9.97 Å². The second kappa shape index (κ2) is 9.93. The minimum atomic E-state index is 0.523. The van der Waals surface area contributed by atoms with Gasteiger partial charge >= 0.3 is 0 Å². The molecule has 0 radical (unpaired) electrons. The summed E-state index contributed by atoms with van der Waals surface area (Å²) in [7, 11) is 1.79. The molecule has 0 amide bonds. The Morgan fingerprint density at radius 2 is 2.04 bits per heavy atom. The first-order valence-corrected chi connectivity index (χ1v) is 8.59. The van der Waals surface area contributed by atoms with Crippen molar-refractivity contribution >= 4 is 17.6 Å². The van der Waals surface area contributed by atoms with E-state index in [1.807, 2.05) is 31.5 Å². The minimum Gasteiger partial charge on any atom is -0.356 e. The SMILES string of the molecule is CN=C(NCCCCn1ccnc1C)NCCc1ccc(Cl)nc1. The van der Waals surface area contributed by atoms with E-state index < -0.39 is 0 Å². The molecule has 0 aliphatic rings. The monoisotopic (exact) mass is 348 g/mol. The highest BCUT2D eigenvalue weighted by Gasteiger charge is 2.00. The van der Waals surface area contributed by atoms with Crippen LogP contribution in [0.3, 0.4) is 0 Å². The summed E-state index contributed by atoms with van der Waals surface area (Å²) in [6, 6.07) is 3.80. The number of guanidine groups is 1. The van der Waals surface area contributed by atoms with Gasteiger partial charge in [-0.15, -0.1) is 0 Å². The van der Waals surface area contributed by atoms with E-state index in [0.717, 1.165) is 56.2 Å². The number of aromatic nitrogens is 3. The Labute approximate surface area is 148 Å². The third-order valence-corrected chi connectivity index (χ3v) is 3.98. The molecular formula is C17H25ClN6. The standard InChI is InChI=1S/C17H25ClN6/c1-14-20-10-12-24(14)11-4-3-8-21-17(19-2)22-9-7-15-5-6-16(18)23-13-15/h5-6,10,12-13H,3-4,7-9,11H2,1-2H3,(H2,19,21,22). The number of imidazole rings is 1. The first-order chi connectivity index (χ1) is 11.7. The average molecular weight is 349 g/mol. The lowest BCUT2D eigenvalue weighted by molar-refractivity contribution is 0.588. The van der Waals surface area contributed by atoms with Gasteiger partial charge in [-0.3, -0.25) is 4.99 Å². The van der Waals surface area contributed by atoms with E-state index in [2.05, 4.69) is 30.2 Å². The van der Waals surface area contributed by atoms with Crippen molar-refractivity contribution in [2.75, 3.05) is 20.1 Å². The van der Waals surface area contributed by atoms with Crippen molar-refractivity contribution in [3.05, 3.63) is 47.3 Å². The molecule has 6 nitrogen and oxygen atoms in total. The molecule has 130 valence electrons. The van der Waals surface area contributed by atoms with Crippen LogP contribution >= 0.6 is 11.6 Å². The van der Waals surface area contributed by atoms with Crippen LogP contribution in [0.25, 0.3) is 0 Å². The Hall–Kier alpha value is -2.08. The van der Waals surface area contributed by atoms with Gasteiger partial charge in [0.1, 0.15) is 11.0 Å². The topological polar surface area (TPSA) is 67.1 Å². The van der Waals surface area contributed by atoms with Crippen molar-refractivity contribution in [1.82, 2.24) is 25.2 Å². The maximum atomic E-state index is 5.78. The second-order valence-electron chi connectivity index (χ2n) is 5.54. The van der Waals surface area contributed by atoms with Gasteiger partial charge in [0.25, 0.3) is 0 Å². The van der Waals surface area contributed by atoms with Crippen LogP contribution in [-0.2, 0) is 13.0 Å². The van der Waals surface area contributed by atoms with Gasteiger partial charge in [-0.1, -0.05) is 17.7 Å². The van der Waals surface area contributed by atoms with Crippen LogP contribution in [-0.4, -0.2) is 40.6 Å². The first-order valence-electron chi connectivity index (χ1n) is 8.21. The Bertz CT molecular complexity index is 635. The molecule has 0 fully saturated rings. The maximum Gasteiger partial charge on any atom is 0.190 e. The zero-order chi connectivity index (χ0) is 17.2. The molecule has 0 spiro atoms. The molecule has 0 aromatic carbocycles. The van der Waals surface area contributed by atoms with Gasteiger partial charge in [-0.05, 0) is 37.8 Å². The number of pyridine rings is 1. The number of nitrogens with zero attached hydrogens (tertiary/aromatic N) is 4. The lowest BCUT2D eigenvalue weighted by Crippen LogP contribution is -2.38. The zero-order valence-electron chi connectivity index (χ0n) is 14.3. The molecule has 2 N–H and O–H groups in total. The van der Waals surface area contributed by atoms with Crippen LogP contribution in [0.15, 0.2) is 35.7 Å². The van der Waals surface area contributed by atoms with E-state index >= 15 is 0 Å². The molecule has 2 heterocycles. The number of nitrogens with one attached hydrogen (secondary N) is 2. The number of aliphatic imine (C=N–C) groups is 1. The molecule has 2 aromatic heterocycles. The number of halogens is 1. The summed E-state index contributed by atoms with van der Waals surface area (Å²) in [5.41, 5.74) is 1.15. The summed E-state index contributed by atoms with van der Waals surface area (Å²) in [6.07, 6.45) is 8.74. The number of unbranched alkanes of at least 4 members (excludes halogenated alkanes) is 1. The lowest BCUT2D eigenvalue weighted by Gasteiger charge is -2.12. The molecule has 0 aliphatic carbocycles. The molecule has 7 heteroatoms. The molecule has 2 aromatic rings. The summed E-state index contributed by atoms with van der Waals surface area (Å²) in [5.74, 6) is 1.90. The summed E-state index contributed by atoms with van der Waals surface area (Å²) < 4.78 is 2.17. The molecule has 0 unspecified atom stereocenters. The number of rotatable bonds is 8. The van der Waals surface area contributed by atoms with Crippen LogP contribution in [0.1, 0.15) is 24.2 Å². The highest BCUT2D eigenvalue weighted by molar-refractivity contribution is 6.29. The third kappa shape index (κ3) is 6.20. The van der Waals surface area contributed by atoms with Crippen LogP contribution in [0.2, 0.25) is 5.15 Å². The summed E-state index contributed by atoms with van der Waals surface area (Å²) in [5, 5.41) is 7.17. The van der Waals surface area contributed by atoms with Crippen molar-refractivity contribution in [3.63, 3.8) is 0 Å². The lowest BCUT2D eigenvalue weighted by atomic mass is 10.2. The highest BCUT2D eigenvalue weighted by Crippen LogP contribution is 2.05. The van der Waals surface area contributed by atoms with E-state index in [1.54, 1.807) is 13.2 Å². The van der Waals surface area contributed by atoms with Gasteiger partial charge in [0, 0.05) is 45.3 Å². The highest BCUT2D eigenvalue weighted by atomic mass is 35.5. The Kier molecular flexibility index (Phi) is 7.55. The molecule has 0 saturated heterocycles. The van der Waals surface area contributed by atoms with E-state index in [4.69, 9.17) is 11.6 Å². The smallest absolute Gasteiger partial charge is 0.190 e. The van der Waals surface area contributed by atoms with Crippen molar-refractivity contribution in [1.29, 1.82) is 0 Å². The predicted octanol–water partition coefficient (Wildman–Crippen LogP) is 2.43. The van der Waals surface area contributed by atoms with Gasteiger partial charge in [0.05, 0.1) is 0 Å². The van der Waals surface area contributed by atoms with Crippen molar-refractivity contribution in [2.24, 2.45) is 4.99 Å². The number of hydrogen-bond acceptors (Lipinski definition) is 3. The largest absolute Gasteiger partial charge is 0.356 e. The van der Waals surface area contributed by atoms with Crippen LogP contribution in [0, 0.1) is 6.92 Å². The third-order valence-electron chi connectivity index (χ3n) is 3.76. The summed E-state index contributed by atoms with van der Waals surface area (Å²) in [6.45, 7) is 4.73. The van der Waals surface area contributed by atoms with Gasteiger partial charge < -0.3 is 15.2 Å². The van der Waals surface area contributed by atoms with Gasteiger partial charge in [-0.2, -0.15) is 0 Å².